The Morgan fingerprint density at radius 1 is 1.47 bits per heavy atom. The van der Waals surface area contributed by atoms with Crippen LogP contribution in [0, 0.1) is 5.82 Å². The first-order valence-electron chi connectivity index (χ1n) is 5.52. The molecule has 1 atom stereocenters. The first kappa shape index (κ1) is 13.2. The van der Waals surface area contributed by atoms with E-state index in [9.17, 15) is 14.3 Å². The lowest BCUT2D eigenvalue weighted by Gasteiger charge is -2.10. The van der Waals surface area contributed by atoms with Gasteiger partial charge in [0.05, 0.1) is 26.0 Å². The number of rotatable bonds is 4. The van der Waals surface area contributed by atoms with Crippen molar-refractivity contribution in [1.29, 1.82) is 0 Å². The molecule has 100 valence electrons. The molecule has 19 heavy (non-hydrogen) atoms. The smallest absolute Gasteiger partial charge is 0.360 e. The van der Waals surface area contributed by atoms with Crippen LogP contribution in [0.5, 0.6) is 0 Å². The van der Waals surface area contributed by atoms with Crippen molar-refractivity contribution in [2.45, 2.75) is 12.6 Å². The van der Waals surface area contributed by atoms with Crippen molar-refractivity contribution in [3.8, 4) is 0 Å². The minimum atomic E-state index is -0.868. The van der Waals surface area contributed by atoms with Gasteiger partial charge in [0.1, 0.15) is 5.82 Å². The zero-order valence-corrected chi connectivity index (χ0v) is 10.2. The fraction of sp³-hybridized carbons (Fsp3) is 0.250. The Bertz CT molecular complexity index is 568. The molecule has 6 nitrogen and oxygen atoms in total. The lowest BCUT2D eigenvalue weighted by molar-refractivity contribution is 0.0593. The van der Waals surface area contributed by atoms with Crippen molar-refractivity contribution in [2.75, 3.05) is 7.11 Å². The number of hydrogen-bond donors (Lipinski definition) is 1. The SMILES string of the molecule is COC(=O)c1cn(CC(O)c2ccc(F)cc2)nn1. The molecule has 0 spiro atoms. The number of carbonyl (C=O) groups is 1. The summed E-state index contributed by atoms with van der Waals surface area (Å²) in [4.78, 5) is 11.2. The Kier molecular flexibility index (Phi) is 3.86. The molecule has 1 unspecified atom stereocenters. The highest BCUT2D eigenvalue weighted by Crippen LogP contribution is 2.15. The molecular formula is C12H12FN3O3. The number of aliphatic hydroxyl groups excluding tert-OH is 1. The molecule has 0 fully saturated rings. The molecular weight excluding hydrogens is 253 g/mol. The van der Waals surface area contributed by atoms with Gasteiger partial charge in [0.15, 0.2) is 5.69 Å². The monoisotopic (exact) mass is 265 g/mol. The van der Waals surface area contributed by atoms with Crippen molar-refractivity contribution < 1.29 is 19.0 Å². The Labute approximate surface area is 108 Å². The minimum Gasteiger partial charge on any atom is -0.464 e. The van der Waals surface area contributed by atoms with Gasteiger partial charge >= 0.3 is 5.97 Å². The molecule has 0 aliphatic carbocycles. The van der Waals surface area contributed by atoms with E-state index in [0.29, 0.717) is 5.56 Å². The third kappa shape index (κ3) is 3.14. The Hall–Kier alpha value is -2.28. The van der Waals surface area contributed by atoms with Gasteiger partial charge in [-0.15, -0.1) is 5.10 Å². The van der Waals surface area contributed by atoms with Crippen molar-refractivity contribution in [1.82, 2.24) is 15.0 Å². The van der Waals surface area contributed by atoms with Crippen LogP contribution in [0.25, 0.3) is 0 Å². The topological polar surface area (TPSA) is 77.2 Å². The van der Waals surface area contributed by atoms with Crippen molar-refractivity contribution in [2.24, 2.45) is 0 Å². The summed E-state index contributed by atoms with van der Waals surface area (Å²) in [7, 11) is 1.24. The van der Waals surface area contributed by atoms with Gasteiger partial charge in [0.25, 0.3) is 0 Å². The summed E-state index contributed by atoms with van der Waals surface area (Å²) < 4.78 is 18.6. The largest absolute Gasteiger partial charge is 0.464 e. The third-order valence-electron chi connectivity index (χ3n) is 2.55. The maximum absolute atomic E-state index is 12.7. The molecule has 0 aliphatic heterocycles. The summed E-state index contributed by atoms with van der Waals surface area (Å²) in [5.41, 5.74) is 0.616. The normalized spacial score (nSPS) is 12.2. The van der Waals surface area contributed by atoms with Gasteiger partial charge in [0, 0.05) is 0 Å². The number of ether oxygens (including phenoxy) is 1. The number of benzene rings is 1. The molecule has 1 aromatic carbocycles. The van der Waals surface area contributed by atoms with E-state index >= 15 is 0 Å². The van der Waals surface area contributed by atoms with Gasteiger partial charge in [-0.2, -0.15) is 0 Å². The molecule has 0 saturated heterocycles. The number of aromatic nitrogens is 3. The number of carbonyl (C=O) groups excluding carboxylic acids is 1. The van der Waals surface area contributed by atoms with E-state index in [-0.39, 0.29) is 18.1 Å². The van der Waals surface area contributed by atoms with E-state index in [2.05, 4.69) is 15.0 Å². The van der Waals surface area contributed by atoms with E-state index in [1.165, 1.54) is 42.3 Å². The van der Waals surface area contributed by atoms with Crippen LogP contribution in [0.2, 0.25) is 0 Å². The first-order valence-corrected chi connectivity index (χ1v) is 5.52. The number of esters is 1. The van der Waals surface area contributed by atoms with Crippen LogP contribution in [0.4, 0.5) is 4.39 Å². The van der Waals surface area contributed by atoms with Crippen LogP contribution < -0.4 is 0 Å². The standard InChI is InChI=1S/C12H12FN3O3/c1-19-12(18)10-6-16(15-14-10)7-11(17)8-2-4-9(13)5-3-8/h2-6,11,17H,7H2,1H3. The zero-order chi connectivity index (χ0) is 13.8. The molecule has 0 amide bonds. The second kappa shape index (κ2) is 5.57. The average molecular weight is 265 g/mol. The maximum atomic E-state index is 12.7. The minimum absolute atomic E-state index is 0.0637. The highest BCUT2D eigenvalue weighted by atomic mass is 19.1. The number of methoxy groups -OCH3 is 1. The number of hydrogen-bond acceptors (Lipinski definition) is 5. The first-order chi connectivity index (χ1) is 9.10. The number of halogens is 1. The fourth-order valence-corrected chi connectivity index (χ4v) is 1.55. The van der Waals surface area contributed by atoms with Crippen LogP contribution in [-0.2, 0) is 11.3 Å². The van der Waals surface area contributed by atoms with Crippen LogP contribution in [0.1, 0.15) is 22.2 Å². The van der Waals surface area contributed by atoms with Gasteiger partial charge in [0.2, 0.25) is 0 Å². The molecule has 1 aromatic heterocycles. The van der Waals surface area contributed by atoms with Crippen molar-refractivity contribution >= 4 is 5.97 Å². The quantitative estimate of drug-likeness (QED) is 0.832. The van der Waals surface area contributed by atoms with E-state index < -0.39 is 12.1 Å². The van der Waals surface area contributed by atoms with E-state index in [1.807, 2.05) is 0 Å². The predicted molar refractivity (Wildman–Crippen MR) is 62.7 cm³/mol. The highest BCUT2D eigenvalue weighted by Gasteiger charge is 2.13. The molecule has 0 saturated carbocycles. The Morgan fingerprint density at radius 2 is 2.16 bits per heavy atom. The van der Waals surface area contributed by atoms with Gasteiger partial charge in [-0.1, -0.05) is 17.3 Å². The Balaban J connectivity index is 2.06. The summed E-state index contributed by atoms with van der Waals surface area (Å²) in [6, 6.07) is 5.50. The molecule has 2 rings (SSSR count). The maximum Gasteiger partial charge on any atom is 0.360 e. The lowest BCUT2D eigenvalue weighted by atomic mass is 10.1. The predicted octanol–water partition coefficient (Wildman–Crippen LogP) is 0.937. The molecule has 2 aromatic rings. The highest BCUT2D eigenvalue weighted by molar-refractivity contribution is 5.86. The summed E-state index contributed by atoms with van der Waals surface area (Å²) in [6.45, 7) is 0.107. The van der Waals surface area contributed by atoms with Crippen molar-refractivity contribution in [3.63, 3.8) is 0 Å². The van der Waals surface area contributed by atoms with Gasteiger partial charge < -0.3 is 9.84 Å². The second-order valence-corrected chi connectivity index (χ2v) is 3.88. The van der Waals surface area contributed by atoms with Gasteiger partial charge in [-0.3, -0.25) is 0 Å². The number of nitrogens with zero attached hydrogens (tertiary/aromatic N) is 3. The fourth-order valence-electron chi connectivity index (χ4n) is 1.55. The summed E-state index contributed by atoms with van der Waals surface area (Å²) >= 11 is 0. The third-order valence-corrected chi connectivity index (χ3v) is 2.55. The molecule has 0 radical (unpaired) electrons. The molecule has 1 heterocycles. The Morgan fingerprint density at radius 3 is 2.79 bits per heavy atom. The van der Waals surface area contributed by atoms with Gasteiger partial charge in [-0.25, -0.2) is 13.9 Å². The second-order valence-electron chi connectivity index (χ2n) is 3.88. The summed E-state index contributed by atoms with van der Waals surface area (Å²) in [5.74, 6) is -0.966. The van der Waals surface area contributed by atoms with Crippen LogP contribution >= 0.6 is 0 Å². The molecule has 0 bridgehead atoms. The van der Waals surface area contributed by atoms with Crippen LogP contribution in [0.3, 0.4) is 0 Å². The van der Waals surface area contributed by atoms with E-state index in [4.69, 9.17) is 0 Å². The molecule has 7 heteroatoms. The van der Waals surface area contributed by atoms with Crippen LogP contribution in [-0.4, -0.2) is 33.2 Å². The summed E-state index contributed by atoms with van der Waals surface area (Å²) in [5, 5.41) is 17.3. The lowest BCUT2D eigenvalue weighted by Crippen LogP contribution is -2.09. The van der Waals surface area contributed by atoms with E-state index in [1.54, 1.807) is 0 Å². The van der Waals surface area contributed by atoms with Crippen molar-refractivity contribution in [3.05, 3.63) is 47.5 Å². The van der Waals surface area contributed by atoms with E-state index in [0.717, 1.165) is 0 Å². The molecule has 1 N–H and O–H groups in total. The zero-order valence-electron chi connectivity index (χ0n) is 10.2. The molecule has 0 aliphatic rings. The average Bonchev–Trinajstić information content (AvgIpc) is 2.87. The van der Waals surface area contributed by atoms with Gasteiger partial charge in [-0.05, 0) is 17.7 Å². The summed E-state index contributed by atoms with van der Waals surface area (Å²) in [6.07, 6.45) is 0.506. The van der Waals surface area contributed by atoms with Crippen LogP contribution in [0.15, 0.2) is 30.5 Å². The number of aliphatic hydroxyl groups is 1.